The van der Waals surface area contributed by atoms with Crippen LogP contribution in [0.25, 0.3) is 10.9 Å². The number of pyridine rings is 1. The summed E-state index contributed by atoms with van der Waals surface area (Å²) in [5.41, 5.74) is -2.13. The summed E-state index contributed by atoms with van der Waals surface area (Å²) in [5, 5.41) is 22.9. The second kappa shape index (κ2) is 9.65. The predicted octanol–water partition coefficient (Wildman–Crippen LogP) is 3.71. The van der Waals surface area contributed by atoms with Crippen LogP contribution in [0, 0.1) is 11.3 Å². The third-order valence-corrected chi connectivity index (χ3v) is 6.22. The standard InChI is InChI=1S/C27H25F3N4O5/c1-26(2,3)39-20(35)12-32-24(37)21-23(36)17-9-14(11-31)10-18-22(17)34(25(21)38)19(13-33(18)4)15-5-7-16(8-6-15)27(28,29)30/h5-10,19,36H,12-13H2,1-4H3,(H,32,37). The maximum absolute atomic E-state index is 13.8. The number of aromatic hydroxyl groups is 1. The molecule has 2 heterocycles. The number of carbonyl (C=O) groups excluding carboxylic acids is 2. The summed E-state index contributed by atoms with van der Waals surface area (Å²) in [6, 6.07) is 8.29. The fourth-order valence-corrected chi connectivity index (χ4v) is 4.57. The van der Waals surface area contributed by atoms with Crippen LogP contribution in [0.4, 0.5) is 18.9 Å². The Morgan fingerprint density at radius 2 is 1.82 bits per heavy atom. The van der Waals surface area contributed by atoms with Gasteiger partial charge in [-0.05, 0) is 50.6 Å². The van der Waals surface area contributed by atoms with Gasteiger partial charge in [0, 0.05) is 19.0 Å². The third-order valence-electron chi connectivity index (χ3n) is 6.22. The highest BCUT2D eigenvalue weighted by molar-refractivity contribution is 6.06. The fourth-order valence-electron chi connectivity index (χ4n) is 4.57. The van der Waals surface area contributed by atoms with Crippen molar-refractivity contribution >= 4 is 28.5 Å². The summed E-state index contributed by atoms with van der Waals surface area (Å²) in [5.74, 6) is -2.51. The number of benzene rings is 2. The lowest BCUT2D eigenvalue weighted by atomic mass is 9.97. The number of hydrogen-bond donors (Lipinski definition) is 2. The summed E-state index contributed by atoms with van der Waals surface area (Å²) in [4.78, 5) is 40.7. The van der Waals surface area contributed by atoms with Crippen molar-refractivity contribution in [3.8, 4) is 11.8 Å². The van der Waals surface area contributed by atoms with E-state index in [0.29, 0.717) is 11.3 Å². The Balaban J connectivity index is 1.89. The Kier molecular flexibility index (Phi) is 6.81. The molecular weight excluding hydrogens is 517 g/mol. The maximum atomic E-state index is 13.8. The molecule has 0 saturated carbocycles. The quantitative estimate of drug-likeness (QED) is 0.482. The smallest absolute Gasteiger partial charge is 0.416 e. The monoisotopic (exact) mass is 542 g/mol. The molecule has 2 aromatic carbocycles. The average molecular weight is 543 g/mol. The number of esters is 1. The van der Waals surface area contributed by atoms with Gasteiger partial charge in [-0.2, -0.15) is 18.4 Å². The van der Waals surface area contributed by atoms with Crippen molar-refractivity contribution in [2.24, 2.45) is 0 Å². The molecule has 4 rings (SSSR count). The van der Waals surface area contributed by atoms with Crippen molar-refractivity contribution < 1.29 is 32.6 Å². The molecule has 204 valence electrons. The van der Waals surface area contributed by atoms with Crippen LogP contribution in [0.5, 0.6) is 5.75 Å². The number of amides is 1. The largest absolute Gasteiger partial charge is 0.506 e. The van der Waals surface area contributed by atoms with Gasteiger partial charge in [-0.3, -0.25) is 19.0 Å². The molecule has 9 nitrogen and oxygen atoms in total. The summed E-state index contributed by atoms with van der Waals surface area (Å²) < 4.78 is 45.8. The summed E-state index contributed by atoms with van der Waals surface area (Å²) >= 11 is 0. The number of ether oxygens (including phenoxy) is 1. The van der Waals surface area contributed by atoms with Crippen LogP contribution < -0.4 is 15.8 Å². The highest BCUT2D eigenvalue weighted by atomic mass is 19.4. The van der Waals surface area contributed by atoms with Crippen molar-refractivity contribution in [2.45, 2.75) is 38.6 Å². The third kappa shape index (κ3) is 5.25. The zero-order valence-electron chi connectivity index (χ0n) is 21.5. The van der Waals surface area contributed by atoms with Gasteiger partial charge < -0.3 is 20.1 Å². The molecule has 2 N–H and O–H groups in total. The van der Waals surface area contributed by atoms with E-state index in [0.717, 1.165) is 12.1 Å². The number of rotatable bonds is 4. The minimum absolute atomic E-state index is 0.0227. The number of anilines is 1. The Bertz CT molecular complexity index is 1580. The Hall–Kier alpha value is -4.53. The number of nitrogens with zero attached hydrogens (tertiary/aromatic N) is 3. The van der Waals surface area contributed by atoms with Gasteiger partial charge in [-0.15, -0.1) is 0 Å². The molecule has 1 aliphatic heterocycles. The SMILES string of the molecule is CN1CC(c2ccc(C(F)(F)F)cc2)n2c(=O)c(C(=O)NCC(=O)OC(C)(C)C)c(O)c3cc(C#N)cc1c32. The zero-order chi connectivity index (χ0) is 28.9. The molecule has 1 aliphatic rings. The van der Waals surface area contributed by atoms with E-state index in [1.54, 1.807) is 32.7 Å². The van der Waals surface area contributed by atoms with Gasteiger partial charge in [0.2, 0.25) is 0 Å². The van der Waals surface area contributed by atoms with Crippen LogP contribution in [0.1, 0.15) is 53.9 Å². The molecule has 12 heteroatoms. The molecule has 39 heavy (non-hydrogen) atoms. The van der Waals surface area contributed by atoms with E-state index in [2.05, 4.69) is 5.32 Å². The van der Waals surface area contributed by atoms with E-state index < -0.39 is 58.7 Å². The minimum atomic E-state index is -4.55. The molecule has 0 aliphatic carbocycles. The normalized spacial score (nSPS) is 15.1. The molecule has 0 fully saturated rings. The lowest BCUT2D eigenvalue weighted by molar-refractivity contribution is -0.153. The van der Waals surface area contributed by atoms with E-state index in [-0.39, 0.29) is 23.0 Å². The average Bonchev–Trinajstić information content (AvgIpc) is 2.84. The van der Waals surface area contributed by atoms with Gasteiger partial charge in [0.1, 0.15) is 23.5 Å². The molecule has 1 aromatic heterocycles. The van der Waals surface area contributed by atoms with E-state index in [9.17, 15) is 37.9 Å². The number of hydrogen-bond acceptors (Lipinski definition) is 7. The summed E-state index contributed by atoms with van der Waals surface area (Å²) in [6.07, 6.45) is -4.55. The van der Waals surface area contributed by atoms with Crippen molar-refractivity contribution in [3.05, 3.63) is 69.0 Å². The Morgan fingerprint density at radius 1 is 1.18 bits per heavy atom. The van der Waals surface area contributed by atoms with Crippen LogP contribution >= 0.6 is 0 Å². The topological polar surface area (TPSA) is 125 Å². The summed E-state index contributed by atoms with van der Waals surface area (Å²) in [6.45, 7) is 4.46. The molecule has 0 bridgehead atoms. The lowest BCUT2D eigenvalue weighted by Gasteiger charge is -2.36. The van der Waals surface area contributed by atoms with Crippen LogP contribution in [-0.4, -0.2) is 47.3 Å². The van der Waals surface area contributed by atoms with E-state index in [4.69, 9.17) is 4.74 Å². The Labute approximate surface area is 221 Å². The lowest BCUT2D eigenvalue weighted by Crippen LogP contribution is -2.42. The van der Waals surface area contributed by atoms with Gasteiger partial charge in [0.25, 0.3) is 11.5 Å². The number of nitrogens with one attached hydrogen (secondary N) is 1. The molecule has 1 amide bonds. The molecule has 0 spiro atoms. The number of aromatic nitrogens is 1. The maximum Gasteiger partial charge on any atom is 0.416 e. The first-order chi connectivity index (χ1) is 18.1. The van der Waals surface area contributed by atoms with Crippen molar-refractivity contribution in [3.63, 3.8) is 0 Å². The summed E-state index contributed by atoms with van der Waals surface area (Å²) in [7, 11) is 1.68. The number of carbonyl (C=O) groups is 2. The molecule has 0 radical (unpaired) electrons. The van der Waals surface area contributed by atoms with Crippen LogP contribution in [0.2, 0.25) is 0 Å². The number of likely N-dealkylation sites (N-methyl/N-ethyl adjacent to an activating group) is 1. The molecule has 1 unspecified atom stereocenters. The first kappa shape index (κ1) is 27.5. The van der Waals surface area contributed by atoms with Gasteiger partial charge in [0.15, 0.2) is 0 Å². The first-order valence-electron chi connectivity index (χ1n) is 11.9. The van der Waals surface area contributed by atoms with E-state index in [1.165, 1.54) is 28.8 Å². The molecule has 1 atom stereocenters. The van der Waals surface area contributed by atoms with E-state index in [1.807, 2.05) is 6.07 Å². The van der Waals surface area contributed by atoms with Crippen molar-refractivity contribution in [2.75, 3.05) is 25.0 Å². The number of halogens is 3. The van der Waals surface area contributed by atoms with Gasteiger partial charge in [-0.1, -0.05) is 12.1 Å². The zero-order valence-corrected chi connectivity index (χ0v) is 21.5. The van der Waals surface area contributed by atoms with Crippen LogP contribution in [-0.2, 0) is 15.7 Å². The highest BCUT2D eigenvalue weighted by Gasteiger charge is 2.34. The van der Waals surface area contributed by atoms with Crippen LogP contribution in [0.15, 0.2) is 41.2 Å². The second-order valence-electron chi connectivity index (χ2n) is 10.2. The molecular formula is C27H25F3N4O5. The van der Waals surface area contributed by atoms with E-state index >= 15 is 0 Å². The highest BCUT2D eigenvalue weighted by Crippen LogP contribution is 2.40. The molecule has 0 saturated heterocycles. The van der Waals surface area contributed by atoms with Gasteiger partial charge in [-0.25, -0.2) is 0 Å². The van der Waals surface area contributed by atoms with Gasteiger partial charge in [0.05, 0.1) is 34.4 Å². The molecule has 3 aromatic rings. The second-order valence-corrected chi connectivity index (χ2v) is 10.2. The fraction of sp³-hybridized carbons (Fsp3) is 0.333. The van der Waals surface area contributed by atoms with Crippen molar-refractivity contribution in [1.29, 1.82) is 5.26 Å². The Morgan fingerprint density at radius 3 is 2.38 bits per heavy atom. The van der Waals surface area contributed by atoms with Crippen molar-refractivity contribution in [1.82, 2.24) is 9.88 Å². The number of alkyl halides is 3. The predicted molar refractivity (Wildman–Crippen MR) is 136 cm³/mol. The minimum Gasteiger partial charge on any atom is -0.506 e. The van der Waals surface area contributed by atoms with Crippen LogP contribution in [0.3, 0.4) is 0 Å². The first-order valence-corrected chi connectivity index (χ1v) is 11.9. The van der Waals surface area contributed by atoms with Gasteiger partial charge >= 0.3 is 12.1 Å². The number of nitriles is 1.